The third-order valence-corrected chi connectivity index (χ3v) is 9.23. The number of thiazole rings is 1. The molecule has 0 atom stereocenters. The summed E-state index contributed by atoms with van der Waals surface area (Å²) in [6.45, 7) is 5.93. The maximum atomic E-state index is 13.8. The van der Waals surface area contributed by atoms with Gasteiger partial charge in [-0.3, -0.25) is 9.59 Å². The number of aryl methyl sites for hydroxylation is 2. The normalized spacial score (nSPS) is 11.3. The molecule has 1 heterocycles. The number of benzene rings is 2. The van der Waals surface area contributed by atoms with Crippen LogP contribution >= 0.6 is 11.3 Å². The van der Waals surface area contributed by atoms with Gasteiger partial charge in [-0.2, -0.15) is 0 Å². The van der Waals surface area contributed by atoms with Gasteiger partial charge in [0, 0.05) is 28.3 Å². The lowest BCUT2D eigenvalue weighted by molar-refractivity contribution is 0.0740. The van der Waals surface area contributed by atoms with E-state index in [4.69, 9.17) is 9.47 Å². The fourth-order valence-corrected chi connectivity index (χ4v) is 6.00. The summed E-state index contributed by atoms with van der Waals surface area (Å²) in [6.07, 6.45) is 2.06. The van der Waals surface area contributed by atoms with E-state index >= 15 is 0 Å². The van der Waals surface area contributed by atoms with Gasteiger partial charge in [0.25, 0.3) is 5.91 Å². The van der Waals surface area contributed by atoms with Crippen LogP contribution in [-0.4, -0.2) is 62.3 Å². The van der Waals surface area contributed by atoms with E-state index in [-0.39, 0.29) is 23.9 Å². The average molecular weight is 573 g/mol. The van der Waals surface area contributed by atoms with Crippen LogP contribution in [0.2, 0.25) is 0 Å². The van der Waals surface area contributed by atoms with Crippen LogP contribution in [0.5, 0.6) is 11.5 Å². The summed E-state index contributed by atoms with van der Waals surface area (Å²) in [4.78, 5) is 33.6. The van der Waals surface area contributed by atoms with Crippen molar-refractivity contribution in [3.63, 3.8) is 0 Å². The Morgan fingerprint density at radius 2 is 1.67 bits per heavy atom. The van der Waals surface area contributed by atoms with E-state index in [0.29, 0.717) is 35.0 Å². The van der Waals surface area contributed by atoms with Crippen LogP contribution in [0.25, 0.3) is 0 Å². The van der Waals surface area contributed by atoms with Crippen molar-refractivity contribution in [3.8, 4) is 11.5 Å². The highest BCUT2D eigenvalue weighted by Gasteiger charge is 2.25. The van der Waals surface area contributed by atoms with Crippen LogP contribution in [-0.2, 0) is 29.2 Å². The lowest BCUT2D eigenvalue weighted by atomic mass is 10.1. The largest absolute Gasteiger partial charge is 0.496 e. The fraction of sp³-hybridized carbons (Fsp3) is 0.414. The third kappa shape index (κ3) is 7.89. The summed E-state index contributed by atoms with van der Waals surface area (Å²) in [5.41, 5.74) is 2.58. The van der Waals surface area contributed by atoms with E-state index in [1.807, 2.05) is 32.0 Å². The van der Waals surface area contributed by atoms with E-state index in [2.05, 4.69) is 17.1 Å². The van der Waals surface area contributed by atoms with Crippen molar-refractivity contribution in [1.82, 2.24) is 9.88 Å². The number of ketones is 1. The molecule has 0 saturated heterocycles. The molecule has 0 bridgehead atoms. The maximum absolute atomic E-state index is 13.8. The van der Waals surface area contributed by atoms with Crippen LogP contribution in [0.15, 0.2) is 42.5 Å². The van der Waals surface area contributed by atoms with Gasteiger partial charge >= 0.3 is 0 Å². The maximum Gasteiger partial charge on any atom is 0.254 e. The monoisotopic (exact) mass is 572 g/mol. The van der Waals surface area contributed by atoms with Crippen LogP contribution in [0.4, 0.5) is 0 Å². The second kappa shape index (κ2) is 13.7. The van der Waals surface area contributed by atoms with Gasteiger partial charge in [-0.05, 0) is 43.9 Å². The molecule has 2 aromatic carbocycles. The van der Waals surface area contributed by atoms with Gasteiger partial charge in [0.15, 0.2) is 15.6 Å². The van der Waals surface area contributed by atoms with E-state index < -0.39 is 21.4 Å². The predicted octanol–water partition coefficient (Wildman–Crippen LogP) is 4.92. The predicted molar refractivity (Wildman–Crippen MR) is 154 cm³/mol. The molecule has 3 aromatic rings. The molecule has 1 aromatic heterocycles. The number of carbonyl (C=O) groups is 2. The smallest absolute Gasteiger partial charge is 0.254 e. The number of sulfone groups is 1. The number of Topliss-reactive ketones (excluding diaryl/α,β-unsaturated/α-hetero) is 1. The van der Waals surface area contributed by atoms with E-state index in [1.54, 1.807) is 31.3 Å². The molecule has 0 unspecified atom stereocenters. The number of carbonyl (C=O) groups excluding carboxylic acids is 2. The lowest BCUT2D eigenvalue weighted by Crippen LogP contribution is -2.32. The van der Waals surface area contributed by atoms with Crippen LogP contribution in [0.3, 0.4) is 0 Å². The second-order valence-corrected chi connectivity index (χ2v) is 12.7. The summed E-state index contributed by atoms with van der Waals surface area (Å²) < 4.78 is 35.1. The van der Waals surface area contributed by atoms with E-state index in [0.717, 1.165) is 23.3 Å². The zero-order chi connectivity index (χ0) is 28.6. The summed E-state index contributed by atoms with van der Waals surface area (Å²) in [6, 6.07) is 13.5. The number of ether oxygens (including phenoxy) is 2. The number of hydrogen-bond donors (Lipinski definition) is 0. The Morgan fingerprint density at radius 3 is 2.23 bits per heavy atom. The first-order valence-corrected chi connectivity index (χ1v) is 15.5. The lowest BCUT2D eigenvalue weighted by Gasteiger charge is -2.23. The van der Waals surface area contributed by atoms with Gasteiger partial charge in [0.2, 0.25) is 0 Å². The quantitative estimate of drug-likeness (QED) is 0.253. The molecule has 0 saturated carbocycles. The molecule has 0 aliphatic carbocycles. The van der Waals surface area contributed by atoms with Crippen molar-refractivity contribution in [2.24, 2.45) is 0 Å². The first-order valence-electron chi connectivity index (χ1n) is 12.9. The van der Waals surface area contributed by atoms with Crippen LogP contribution in [0, 0.1) is 6.92 Å². The summed E-state index contributed by atoms with van der Waals surface area (Å²) in [5, 5.41) is 0.586. The van der Waals surface area contributed by atoms with Crippen molar-refractivity contribution in [3.05, 3.63) is 74.7 Å². The molecule has 0 aliphatic rings. The standard InChI is InChI=1S/C29H36N2O6S2/c1-6-26-28(23(32)19-39(34,35)7-2)30-27(38-26)18-31(15-11-14-21-12-9-8-10-13-21)29(33)22-16-24(36-4)20(3)25(17-22)37-5/h8-10,12-13,16-17H,6-7,11,14-15,18-19H2,1-5H3. The molecule has 8 nitrogen and oxygen atoms in total. The average Bonchev–Trinajstić information content (AvgIpc) is 3.35. The topological polar surface area (TPSA) is 103 Å². The number of aromatic nitrogens is 1. The molecule has 0 aliphatic heterocycles. The molecule has 0 fully saturated rings. The molecular weight excluding hydrogens is 536 g/mol. The number of amides is 1. The van der Waals surface area contributed by atoms with Crippen molar-refractivity contribution >= 4 is 32.9 Å². The summed E-state index contributed by atoms with van der Waals surface area (Å²) in [5.74, 6) is -0.295. The van der Waals surface area contributed by atoms with Crippen molar-refractivity contribution in [2.45, 2.75) is 46.6 Å². The molecule has 0 N–H and O–H groups in total. The summed E-state index contributed by atoms with van der Waals surface area (Å²) in [7, 11) is -0.387. The SMILES string of the molecule is CCc1sc(CN(CCCc2ccccc2)C(=O)c2cc(OC)c(C)c(OC)c2)nc1C(=O)CS(=O)(=O)CC. The number of hydrogen-bond acceptors (Lipinski definition) is 8. The minimum atomic E-state index is -3.48. The zero-order valence-electron chi connectivity index (χ0n) is 23.2. The Kier molecular flexibility index (Phi) is 10.7. The molecule has 210 valence electrons. The Labute approximate surface area is 234 Å². The van der Waals surface area contributed by atoms with Gasteiger partial charge < -0.3 is 14.4 Å². The van der Waals surface area contributed by atoms with Gasteiger partial charge in [0.05, 0.1) is 20.8 Å². The van der Waals surface area contributed by atoms with Gasteiger partial charge in [-0.1, -0.05) is 44.2 Å². The highest BCUT2D eigenvalue weighted by molar-refractivity contribution is 7.92. The third-order valence-electron chi connectivity index (χ3n) is 6.47. The number of methoxy groups -OCH3 is 2. The molecule has 3 rings (SSSR count). The molecular formula is C29H36N2O6S2. The van der Waals surface area contributed by atoms with Gasteiger partial charge in [-0.25, -0.2) is 13.4 Å². The second-order valence-electron chi connectivity index (χ2n) is 9.15. The first kappa shape index (κ1) is 30.3. The van der Waals surface area contributed by atoms with E-state index in [1.165, 1.54) is 23.8 Å². The number of rotatable bonds is 14. The van der Waals surface area contributed by atoms with Crippen molar-refractivity contribution in [2.75, 3.05) is 32.3 Å². The minimum absolute atomic E-state index is 0.107. The molecule has 0 spiro atoms. The highest BCUT2D eigenvalue weighted by atomic mass is 32.2. The van der Waals surface area contributed by atoms with Crippen LogP contribution < -0.4 is 9.47 Å². The Balaban J connectivity index is 1.91. The van der Waals surface area contributed by atoms with Gasteiger partial charge in [0.1, 0.15) is 28.0 Å². The minimum Gasteiger partial charge on any atom is -0.496 e. The van der Waals surface area contributed by atoms with Crippen molar-refractivity contribution < 1.29 is 27.5 Å². The molecule has 10 heteroatoms. The zero-order valence-corrected chi connectivity index (χ0v) is 24.8. The number of nitrogens with zero attached hydrogens (tertiary/aromatic N) is 2. The molecule has 0 radical (unpaired) electrons. The molecule has 1 amide bonds. The Bertz CT molecular complexity index is 1380. The fourth-order valence-electron chi connectivity index (χ4n) is 4.22. The highest BCUT2D eigenvalue weighted by Crippen LogP contribution is 2.31. The Hall–Kier alpha value is -3.24. The Morgan fingerprint density at radius 1 is 1.03 bits per heavy atom. The van der Waals surface area contributed by atoms with Crippen LogP contribution in [0.1, 0.15) is 62.1 Å². The van der Waals surface area contributed by atoms with Crippen molar-refractivity contribution in [1.29, 1.82) is 0 Å². The molecule has 39 heavy (non-hydrogen) atoms. The summed E-state index contributed by atoms with van der Waals surface area (Å²) >= 11 is 1.34. The van der Waals surface area contributed by atoms with E-state index in [9.17, 15) is 18.0 Å². The van der Waals surface area contributed by atoms with Gasteiger partial charge in [-0.15, -0.1) is 11.3 Å². The first-order chi connectivity index (χ1) is 18.6.